The van der Waals surface area contributed by atoms with E-state index in [9.17, 15) is 0 Å². The first-order valence-electron chi connectivity index (χ1n) is 6.16. The Hall–Kier alpha value is -1.69. The summed E-state index contributed by atoms with van der Waals surface area (Å²) >= 11 is 3.44. The molecule has 2 N–H and O–H groups in total. The molecule has 1 aromatic carbocycles. The van der Waals surface area contributed by atoms with Gasteiger partial charge in [-0.15, -0.1) is 0 Å². The summed E-state index contributed by atoms with van der Waals surface area (Å²) in [4.78, 5) is 14.9. The smallest absolute Gasteiger partial charge is 0.230 e. The molecule has 0 atom stereocenters. The van der Waals surface area contributed by atoms with Crippen molar-refractivity contribution in [2.75, 3.05) is 23.7 Å². The summed E-state index contributed by atoms with van der Waals surface area (Å²) in [6.45, 7) is 5.78. The second-order valence-corrected chi connectivity index (χ2v) is 4.92. The Morgan fingerprint density at radius 3 is 2.53 bits per heavy atom. The van der Waals surface area contributed by atoms with Crippen molar-refractivity contribution in [2.24, 2.45) is 0 Å². The largest absolute Gasteiger partial charge is 0.368 e. The van der Waals surface area contributed by atoms with Crippen molar-refractivity contribution in [1.29, 1.82) is 0 Å². The van der Waals surface area contributed by atoms with E-state index in [2.05, 4.69) is 44.7 Å². The van der Waals surface area contributed by atoms with Crippen molar-refractivity contribution in [3.63, 3.8) is 0 Å². The molecule has 5 nitrogen and oxygen atoms in total. The van der Waals surface area contributed by atoms with Gasteiger partial charge in [0.25, 0.3) is 0 Å². The van der Waals surface area contributed by atoms with Crippen LogP contribution < -0.4 is 10.6 Å². The van der Waals surface area contributed by atoms with Crippen LogP contribution in [0.2, 0.25) is 0 Å². The molecular weight excluding hydrogens is 306 g/mol. The van der Waals surface area contributed by atoms with E-state index in [1.54, 1.807) is 0 Å². The van der Waals surface area contributed by atoms with Crippen LogP contribution >= 0.6 is 15.9 Å². The molecule has 1 aromatic heterocycles. The van der Waals surface area contributed by atoms with Crippen molar-refractivity contribution >= 4 is 27.8 Å². The Bertz CT molecular complexity index is 569. The molecule has 6 heteroatoms. The lowest BCUT2D eigenvalue weighted by Crippen LogP contribution is -2.25. The normalized spacial score (nSPS) is 10.5. The highest BCUT2D eigenvalue weighted by molar-refractivity contribution is 9.10. The number of hydrogen-bond donors (Lipinski definition) is 1. The van der Waals surface area contributed by atoms with Crippen molar-refractivity contribution in [3.05, 3.63) is 28.7 Å². The van der Waals surface area contributed by atoms with Crippen LogP contribution in [-0.2, 0) is 0 Å². The molecule has 0 saturated carbocycles. The molecule has 2 rings (SSSR count). The van der Waals surface area contributed by atoms with Crippen LogP contribution in [0.3, 0.4) is 0 Å². The first kappa shape index (κ1) is 13.7. The lowest BCUT2D eigenvalue weighted by Gasteiger charge is -2.18. The number of rotatable bonds is 4. The molecule has 19 heavy (non-hydrogen) atoms. The number of anilines is 2. The zero-order valence-electron chi connectivity index (χ0n) is 11.0. The summed E-state index contributed by atoms with van der Waals surface area (Å²) in [6.07, 6.45) is 0. The molecule has 0 saturated heterocycles. The fourth-order valence-corrected chi connectivity index (χ4v) is 2.18. The van der Waals surface area contributed by atoms with E-state index in [1.165, 1.54) is 0 Å². The highest BCUT2D eigenvalue weighted by atomic mass is 79.9. The summed E-state index contributed by atoms with van der Waals surface area (Å²) in [7, 11) is 0. The van der Waals surface area contributed by atoms with Gasteiger partial charge in [0.1, 0.15) is 0 Å². The van der Waals surface area contributed by atoms with Gasteiger partial charge in [-0.1, -0.05) is 28.1 Å². The zero-order valence-corrected chi connectivity index (χ0v) is 12.6. The number of hydrogen-bond acceptors (Lipinski definition) is 5. The van der Waals surface area contributed by atoms with Gasteiger partial charge in [0.05, 0.1) is 0 Å². The third-order valence-corrected chi connectivity index (χ3v) is 3.26. The molecule has 0 bridgehead atoms. The van der Waals surface area contributed by atoms with Crippen LogP contribution in [0.15, 0.2) is 28.7 Å². The number of nitrogens with two attached hydrogens (primary N) is 1. The fraction of sp³-hybridized carbons (Fsp3) is 0.308. The molecule has 1 heterocycles. The first-order valence-corrected chi connectivity index (χ1v) is 6.95. The molecular formula is C13H16BrN5. The number of nitrogen functional groups attached to an aromatic ring is 1. The average Bonchev–Trinajstić information content (AvgIpc) is 2.39. The van der Waals surface area contributed by atoms with Crippen LogP contribution in [-0.4, -0.2) is 28.0 Å². The number of benzene rings is 1. The average molecular weight is 322 g/mol. The minimum absolute atomic E-state index is 0.242. The van der Waals surface area contributed by atoms with E-state index in [0.717, 1.165) is 23.1 Å². The molecule has 0 aliphatic heterocycles. The van der Waals surface area contributed by atoms with Crippen LogP contribution in [0.4, 0.5) is 11.9 Å². The molecule has 100 valence electrons. The van der Waals surface area contributed by atoms with Crippen LogP contribution in [0.1, 0.15) is 13.8 Å². The van der Waals surface area contributed by atoms with Gasteiger partial charge in [-0.3, -0.25) is 0 Å². The third kappa shape index (κ3) is 3.20. The Labute approximate surface area is 121 Å². The van der Waals surface area contributed by atoms with Gasteiger partial charge < -0.3 is 10.6 Å². The van der Waals surface area contributed by atoms with Gasteiger partial charge in [-0.25, -0.2) is 0 Å². The second-order valence-electron chi connectivity index (χ2n) is 4.00. The van der Waals surface area contributed by atoms with Gasteiger partial charge in [-0.2, -0.15) is 15.0 Å². The maximum atomic E-state index is 5.78. The Balaban J connectivity index is 2.47. The van der Waals surface area contributed by atoms with Gasteiger partial charge in [0.15, 0.2) is 5.82 Å². The molecule has 2 aromatic rings. The molecule has 0 spiro atoms. The van der Waals surface area contributed by atoms with Crippen LogP contribution in [0.25, 0.3) is 11.4 Å². The Morgan fingerprint density at radius 2 is 1.89 bits per heavy atom. The standard InChI is InChI=1S/C13H16BrN5/c1-3-19(4-2)13-17-11(16-12(15)18-13)9-6-5-7-10(14)8-9/h5-8H,3-4H2,1-2H3,(H2,15,16,17,18). The summed E-state index contributed by atoms with van der Waals surface area (Å²) in [5.74, 6) is 1.45. The molecule has 0 unspecified atom stereocenters. The summed E-state index contributed by atoms with van der Waals surface area (Å²) in [5, 5.41) is 0. The molecule has 0 amide bonds. The Kier molecular flexibility index (Phi) is 4.31. The minimum Gasteiger partial charge on any atom is -0.368 e. The first-order chi connectivity index (χ1) is 9.13. The number of aromatic nitrogens is 3. The van der Waals surface area contributed by atoms with Crippen LogP contribution in [0, 0.1) is 0 Å². The van der Waals surface area contributed by atoms with E-state index in [0.29, 0.717) is 11.8 Å². The van der Waals surface area contributed by atoms with E-state index in [4.69, 9.17) is 5.73 Å². The predicted octanol–water partition coefficient (Wildman–Crippen LogP) is 2.73. The summed E-state index contributed by atoms with van der Waals surface area (Å²) in [5.41, 5.74) is 6.70. The molecule has 0 aliphatic carbocycles. The molecule has 0 fully saturated rings. The Morgan fingerprint density at radius 1 is 1.16 bits per heavy atom. The molecule has 0 aliphatic rings. The van der Waals surface area contributed by atoms with Crippen molar-refractivity contribution in [1.82, 2.24) is 15.0 Å². The fourth-order valence-electron chi connectivity index (χ4n) is 1.79. The summed E-state index contributed by atoms with van der Waals surface area (Å²) in [6, 6.07) is 7.81. The SMILES string of the molecule is CCN(CC)c1nc(N)nc(-c2cccc(Br)c2)n1. The van der Waals surface area contributed by atoms with E-state index in [1.807, 2.05) is 29.2 Å². The quantitative estimate of drug-likeness (QED) is 0.937. The van der Waals surface area contributed by atoms with E-state index < -0.39 is 0 Å². The topological polar surface area (TPSA) is 67.9 Å². The van der Waals surface area contributed by atoms with Gasteiger partial charge in [0, 0.05) is 23.1 Å². The lowest BCUT2D eigenvalue weighted by molar-refractivity contribution is 0.816. The number of nitrogens with zero attached hydrogens (tertiary/aromatic N) is 4. The van der Waals surface area contributed by atoms with E-state index in [-0.39, 0.29) is 5.95 Å². The predicted molar refractivity (Wildman–Crippen MR) is 80.9 cm³/mol. The third-order valence-electron chi connectivity index (χ3n) is 2.77. The second kappa shape index (κ2) is 5.97. The monoisotopic (exact) mass is 321 g/mol. The van der Waals surface area contributed by atoms with Crippen molar-refractivity contribution in [3.8, 4) is 11.4 Å². The summed E-state index contributed by atoms with van der Waals surface area (Å²) < 4.78 is 0.980. The lowest BCUT2D eigenvalue weighted by atomic mass is 10.2. The van der Waals surface area contributed by atoms with Crippen molar-refractivity contribution < 1.29 is 0 Å². The van der Waals surface area contributed by atoms with Gasteiger partial charge >= 0.3 is 0 Å². The highest BCUT2D eigenvalue weighted by Gasteiger charge is 2.11. The molecule has 0 radical (unpaired) electrons. The van der Waals surface area contributed by atoms with Crippen molar-refractivity contribution in [2.45, 2.75) is 13.8 Å². The number of halogens is 1. The zero-order chi connectivity index (χ0) is 13.8. The maximum absolute atomic E-state index is 5.78. The highest BCUT2D eigenvalue weighted by Crippen LogP contribution is 2.22. The van der Waals surface area contributed by atoms with Gasteiger partial charge in [-0.05, 0) is 26.0 Å². The maximum Gasteiger partial charge on any atom is 0.230 e. The van der Waals surface area contributed by atoms with Crippen LogP contribution in [0.5, 0.6) is 0 Å². The van der Waals surface area contributed by atoms with Gasteiger partial charge in [0.2, 0.25) is 11.9 Å². The minimum atomic E-state index is 0.242. The van der Waals surface area contributed by atoms with E-state index >= 15 is 0 Å².